The summed E-state index contributed by atoms with van der Waals surface area (Å²) >= 11 is 0. The van der Waals surface area contributed by atoms with Crippen LogP contribution >= 0.6 is 0 Å². The second-order valence-electron chi connectivity index (χ2n) is 3.92. The van der Waals surface area contributed by atoms with Gasteiger partial charge < -0.3 is 5.11 Å². The maximum absolute atomic E-state index is 9.71. The minimum Gasteiger partial charge on any atom is -0.392 e. The van der Waals surface area contributed by atoms with Gasteiger partial charge in [0.1, 0.15) is 0 Å². The highest BCUT2D eigenvalue weighted by Crippen LogP contribution is 2.29. The number of hydrogen-bond donors (Lipinski definition) is 1. The van der Waals surface area contributed by atoms with E-state index in [1.54, 1.807) is 0 Å². The van der Waals surface area contributed by atoms with Crippen molar-refractivity contribution in [2.45, 2.75) is 52.1 Å². The molecule has 1 fully saturated rings. The highest BCUT2D eigenvalue weighted by molar-refractivity contribution is 4.92. The second-order valence-corrected chi connectivity index (χ2v) is 3.92. The van der Waals surface area contributed by atoms with E-state index in [1.165, 1.54) is 38.0 Å². The quantitative estimate of drug-likeness (QED) is 0.649. The van der Waals surface area contributed by atoms with Gasteiger partial charge in [0.05, 0.1) is 6.10 Å². The fourth-order valence-electron chi connectivity index (χ4n) is 1.92. The van der Waals surface area contributed by atoms with Crippen molar-refractivity contribution in [1.29, 1.82) is 0 Å². The molecule has 1 aliphatic carbocycles. The number of rotatable bonds is 2. The van der Waals surface area contributed by atoms with E-state index in [4.69, 9.17) is 0 Å². The average molecular weight is 155 g/mol. The Kier molecular flexibility index (Phi) is 3.38. The molecule has 1 rings (SSSR count). The third kappa shape index (κ3) is 2.48. The highest BCUT2D eigenvalue weighted by atomic mass is 16.3. The molecule has 1 saturated carbocycles. The molecule has 0 saturated heterocycles. The first kappa shape index (κ1) is 9.05. The van der Waals surface area contributed by atoms with Gasteiger partial charge in [0.2, 0.25) is 0 Å². The minimum absolute atomic E-state index is 0.129. The van der Waals surface area contributed by atoms with E-state index < -0.39 is 0 Å². The SMILES string of the molecule is C[C](C)C(O)C1CCCCC1. The van der Waals surface area contributed by atoms with Crippen molar-refractivity contribution < 1.29 is 5.11 Å². The number of aliphatic hydroxyl groups excluding tert-OH is 1. The average Bonchev–Trinajstić information content (AvgIpc) is 2.05. The lowest BCUT2D eigenvalue weighted by atomic mass is 9.81. The molecule has 1 unspecified atom stereocenters. The van der Waals surface area contributed by atoms with Gasteiger partial charge in [-0.25, -0.2) is 0 Å². The predicted octanol–water partition coefficient (Wildman–Crippen LogP) is 2.54. The maximum Gasteiger partial charge on any atom is 0.0625 e. The van der Waals surface area contributed by atoms with Gasteiger partial charge in [-0.15, -0.1) is 0 Å². The zero-order valence-electron chi connectivity index (χ0n) is 7.64. The molecule has 0 aliphatic heterocycles. The second kappa shape index (κ2) is 4.10. The van der Waals surface area contributed by atoms with Crippen molar-refractivity contribution in [3.63, 3.8) is 0 Å². The summed E-state index contributed by atoms with van der Waals surface area (Å²) in [6, 6.07) is 0. The first-order chi connectivity index (χ1) is 5.22. The molecule has 0 aromatic rings. The van der Waals surface area contributed by atoms with Crippen molar-refractivity contribution in [2.75, 3.05) is 0 Å². The van der Waals surface area contributed by atoms with E-state index in [9.17, 15) is 5.11 Å². The van der Waals surface area contributed by atoms with Gasteiger partial charge in [-0.1, -0.05) is 33.1 Å². The number of hydrogen-bond acceptors (Lipinski definition) is 1. The van der Waals surface area contributed by atoms with E-state index in [0.717, 1.165) is 0 Å². The summed E-state index contributed by atoms with van der Waals surface area (Å²) in [7, 11) is 0. The third-order valence-electron chi connectivity index (χ3n) is 2.69. The Morgan fingerprint density at radius 1 is 1.18 bits per heavy atom. The Bertz CT molecular complexity index is 103. The monoisotopic (exact) mass is 155 g/mol. The van der Waals surface area contributed by atoms with Gasteiger partial charge in [0.15, 0.2) is 0 Å². The van der Waals surface area contributed by atoms with Crippen LogP contribution in [0.2, 0.25) is 0 Å². The Morgan fingerprint density at radius 3 is 2.18 bits per heavy atom. The van der Waals surface area contributed by atoms with Gasteiger partial charge in [0, 0.05) is 0 Å². The van der Waals surface area contributed by atoms with Crippen LogP contribution in [0.25, 0.3) is 0 Å². The maximum atomic E-state index is 9.71. The van der Waals surface area contributed by atoms with Crippen molar-refractivity contribution in [3.05, 3.63) is 5.92 Å². The largest absolute Gasteiger partial charge is 0.392 e. The van der Waals surface area contributed by atoms with Crippen LogP contribution in [0.4, 0.5) is 0 Å². The Labute approximate surface area is 69.8 Å². The lowest BCUT2D eigenvalue weighted by molar-refractivity contribution is 0.0973. The van der Waals surface area contributed by atoms with Crippen LogP contribution in [0.1, 0.15) is 46.0 Å². The third-order valence-corrected chi connectivity index (χ3v) is 2.69. The summed E-state index contributed by atoms with van der Waals surface area (Å²) in [6.07, 6.45) is 6.32. The van der Waals surface area contributed by atoms with Crippen molar-refractivity contribution in [2.24, 2.45) is 5.92 Å². The van der Waals surface area contributed by atoms with E-state index in [2.05, 4.69) is 0 Å². The van der Waals surface area contributed by atoms with Crippen molar-refractivity contribution in [1.82, 2.24) is 0 Å². The fraction of sp³-hybridized carbons (Fsp3) is 0.900. The zero-order chi connectivity index (χ0) is 8.27. The molecule has 0 heterocycles. The molecule has 0 aromatic heterocycles. The molecule has 0 amide bonds. The Morgan fingerprint density at radius 2 is 1.73 bits per heavy atom. The molecule has 11 heavy (non-hydrogen) atoms. The summed E-state index contributed by atoms with van der Waals surface area (Å²) in [5.41, 5.74) is 0. The van der Waals surface area contributed by atoms with E-state index >= 15 is 0 Å². The first-order valence-corrected chi connectivity index (χ1v) is 4.70. The van der Waals surface area contributed by atoms with Crippen LogP contribution < -0.4 is 0 Å². The van der Waals surface area contributed by atoms with Gasteiger partial charge in [-0.2, -0.15) is 0 Å². The molecule has 1 atom stereocenters. The van der Waals surface area contributed by atoms with E-state index in [1.807, 2.05) is 13.8 Å². The van der Waals surface area contributed by atoms with Crippen LogP contribution in [-0.4, -0.2) is 11.2 Å². The molecule has 65 valence electrons. The van der Waals surface area contributed by atoms with Crippen molar-refractivity contribution in [3.8, 4) is 0 Å². The fourth-order valence-corrected chi connectivity index (χ4v) is 1.92. The summed E-state index contributed by atoms with van der Waals surface area (Å²) in [6.45, 7) is 4.05. The lowest BCUT2D eigenvalue weighted by Crippen LogP contribution is -2.26. The summed E-state index contributed by atoms with van der Waals surface area (Å²) < 4.78 is 0. The summed E-state index contributed by atoms with van der Waals surface area (Å²) in [4.78, 5) is 0. The first-order valence-electron chi connectivity index (χ1n) is 4.70. The molecule has 0 aromatic carbocycles. The molecular weight excluding hydrogens is 136 g/mol. The van der Waals surface area contributed by atoms with Crippen LogP contribution in [0.5, 0.6) is 0 Å². The van der Waals surface area contributed by atoms with Gasteiger partial charge in [0.25, 0.3) is 0 Å². The van der Waals surface area contributed by atoms with E-state index in [0.29, 0.717) is 5.92 Å². The Hall–Kier alpha value is -0.0400. The lowest BCUT2D eigenvalue weighted by Gasteiger charge is -2.28. The molecular formula is C10H19O. The standard InChI is InChI=1S/C10H19O/c1-8(2)10(11)9-6-4-3-5-7-9/h9-11H,3-7H2,1-2H3. The Balaban J connectivity index is 2.32. The summed E-state index contributed by atoms with van der Waals surface area (Å²) in [5.74, 6) is 1.74. The molecule has 1 heteroatoms. The minimum atomic E-state index is -0.129. The number of aliphatic hydroxyl groups is 1. The normalized spacial score (nSPS) is 24.0. The van der Waals surface area contributed by atoms with Crippen LogP contribution in [0, 0.1) is 11.8 Å². The van der Waals surface area contributed by atoms with Crippen LogP contribution in [-0.2, 0) is 0 Å². The molecule has 0 bridgehead atoms. The van der Waals surface area contributed by atoms with Crippen LogP contribution in [0.15, 0.2) is 0 Å². The molecule has 1 N–H and O–H groups in total. The van der Waals surface area contributed by atoms with E-state index in [-0.39, 0.29) is 6.10 Å². The smallest absolute Gasteiger partial charge is 0.0625 e. The zero-order valence-corrected chi connectivity index (χ0v) is 7.64. The van der Waals surface area contributed by atoms with Crippen molar-refractivity contribution >= 4 is 0 Å². The highest BCUT2D eigenvalue weighted by Gasteiger charge is 2.23. The predicted molar refractivity (Wildman–Crippen MR) is 47.2 cm³/mol. The molecule has 1 nitrogen and oxygen atoms in total. The van der Waals surface area contributed by atoms with Gasteiger partial charge >= 0.3 is 0 Å². The van der Waals surface area contributed by atoms with Crippen LogP contribution in [0.3, 0.4) is 0 Å². The molecule has 0 spiro atoms. The molecule has 1 aliphatic rings. The summed E-state index contributed by atoms with van der Waals surface area (Å²) in [5, 5.41) is 9.71. The molecule has 1 radical (unpaired) electrons. The van der Waals surface area contributed by atoms with Gasteiger partial charge in [-0.05, 0) is 24.7 Å². The van der Waals surface area contributed by atoms with Gasteiger partial charge in [-0.3, -0.25) is 0 Å². The topological polar surface area (TPSA) is 20.2 Å².